The van der Waals surface area contributed by atoms with Crippen LogP contribution in [0.5, 0.6) is 0 Å². The SMILES string of the molecule is CC[C@H](OC(=O)C(C)(C)C)[C@H](NC(C)=O)C(=O)OC. The fourth-order valence-corrected chi connectivity index (χ4v) is 1.35. The molecule has 0 fully saturated rings. The first kappa shape index (κ1) is 17.4. The smallest absolute Gasteiger partial charge is 0.332 e. The molecule has 1 amide bonds. The Balaban J connectivity index is 4.98. The van der Waals surface area contributed by atoms with Gasteiger partial charge in [-0.3, -0.25) is 9.59 Å². The minimum absolute atomic E-state index is 0.388. The maximum absolute atomic E-state index is 11.8. The van der Waals surface area contributed by atoms with Crippen molar-refractivity contribution in [3.05, 3.63) is 0 Å². The average molecular weight is 273 g/mol. The zero-order chi connectivity index (χ0) is 15.2. The molecule has 0 rings (SSSR count). The summed E-state index contributed by atoms with van der Waals surface area (Å²) in [6, 6.07) is -0.987. The van der Waals surface area contributed by atoms with Gasteiger partial charge in [-0.25, -0.2) is 4.79 Å². The van der Waals surface area contributed by atoms with Gasteiger partial charge in [0.05, 0.1) is 12.5 Å². The van der Waals surface area contributed by atoms with Crippen LogP contribution < -0.4 is 5.32 Å². The molecule has 0 spiro atoms. The minimum Gasteiger partial charge on any atom is -0.467 e. The number of carbonyl (C=O) groups excluding carboxylic acids is 3. The summed E-state index contributed by atoms with van der Waals surface area (Å²) in [4.78, 5) is 34.6. The van der Waals surface area contributed by atoms with Crippen molar-refractivity contribution < 1.29 is 23.9 Å². The molecule has 6 nitrogen and oxygen atoms in total. The molecule has 0 aliphatic heterocycles. The van der Waals surface area contributed by atoms with Gasteiger partial charge in [-0.05, 0) is 27.2 Å². The summed E-state index contributed by atoms with van der Waals surface area (Å²) in [5.41, 5.74) is -0.676. The van der Waals surface area contributed by atoms with Crippen LogP contribution in [0, 0.1) is 5.41 Å². The molecule has 19 heavy (non-hydrogen) atoms. The number of methoxy groups -OCH3 is 1. The third-order valence-corrected chi connectivity index (χ3v) is 2.46. The summed E-state index contributed by atoms with van der Waals surface area (Å²) >= 11 is 0. The van der Waals surface area contributed by atoms with Crippen LogP contribution in [0.3, 0.4) is 0 Å². The Morgan fingerprint density at radius 1 is 1.21 bits per heavy atom. The molecule has 0 bridgehead atoms. The highest BCUT2D eigenvalue weighted by atomic mass is 16.6. The molecular weight excluding hydrogens is 250 g/mol. The average Bonchev–Trinajstić information content (AvgIpc) is 2.30. The highest BCUT2D eigenvalue weighted by Crippen LogP contribution is 2.18. The summed E-state index contributed by atoms with van der Waals surface area (Å²) in [5.74, 6) is -1.46. The van der Waals surface area contributed by atoms with E-state index in [1.807, 2.05) is 0 Å². The first-order chi connectivity index (χ1) is 8.63. The Labute approximate surface area is 113 Å². The van der Waals surface area contributed by atoms with E-state index < -0.39 is 29.5 Å². The van der Waals surface area contributed by atoms with Crippen LogP contribution in [0.4, 0.5) is 0 Å². The number of hydrogen-bond acceptors (Lipinski definition) is 5. The van der Waals surface area contributed by atoms with Gasteiger partial charge in [0.15, 0.2) is 6.04 Å². The van der Waals surface area contributed by atoms with Crippen molar-refractivity contribution in [3.63, 3.8) is 0 Å². The lowest BCUT2D eigenvalue weighted by atomic mass is 9.97. The predicted octanol–water partition coefficient (Wildman–Crippen LogP) is 1.03. The molecule has 0 saturated heterocycles. The Kier molecular flexibility index (Phi) is 6.52. The van der Waals surface area contributed by atoms with Gasteiger partial charge < -0.3 is 14.8 Å². The largest absolute Gasteiger partial charge is 0.467 e. The van der Waals surface area contributed by atoms with Crippen molar-refractivity contribution in [2.75, 3.05) is 7.11 Å². The molecular formula is C13H23NO5. The first-order valence-corrected chi connectivity index (χ1v) is 6.19. The first-order valence-electron chi connectivity index (χ1n) is 6.19. The molecule has 0 unspecified atom stereocenters. The summed E-state index contributed by atoms with van der Waals surface area (Å²) < 4.78 is 9.91. The summed E-state index contributed by atoms with van der Waals surface area (Å²) in [5, 5.41) is 2.45. The van der Waals surface area contributed by atoms with E-state index in [1.54, 1.807) is 27.7 Å². The van der Waals surface area contributed by atoms with E-state index in [0.717, 1.165) is 0 Å². The van der Waals surface area contributed by atoms with Gasteiger partial charge in [0, 0.05) is 6.92 Å². The van der Waals surface area contributed by atoms with Crippen molar-refractivity contribution in [1.29, 1.82) is 0 Å². The molecule has 110 valence electrons. The van der Waals surface area contributed by atoms with E-state index in [9.17, 15) is 14.4 Å². The maximum atomic E-state index is 11.8. The fourth-order valence-electron chi connectivity index (χ4n) is 1.35. The Bertz CT molecular complexity index is 345. The number of ether oxygens (including phenoxy) is 2. The van der Waals surface area contributed by atoms with Crippen LogP contribution >= 0.6 is 0 Å². The molecule has 0 aromatic carbocycles. The standard InChI is InChI=1S/C13H23NO5/c1-7-9(19-12(17)13(3,4)5)10(11(16)18-6)14-8(2)15/h9-10H,7H2,1-6H3,(H,14,15)/t9-,10-/m0/s1. The summed E-state index contributed by atoms with van der Waals surface area (Å²) in [7, 11) is 1.22. The molecule has 0 heterocycles. The number of amides is 1. The minimum atomic E-state index is -0.987. The Hall–Kier alpha value is -1.59. The van der Waals surface area contributed by atoms with Gasteiger partial charge in [0.1, 0.15) is 6.10 Å². The molecule has 2 atom stereocenters. The molecule has 0 aliphatic carbocycles. The molecule has 0 radical (unpaired) electrons. The van der Waals surface area contributed by atoms with Crippen molar-refractivity contribution in [1.82, 2.24) is 5.32 Å². The number of rotatable bonds is 5. The van der Waals surface area contributed by atoms with Crippen LogP contribution in [0.15, 0.2) is 0 Å². The lowest BCUT2D eigenvalue weighted by Gasteiger charge is -2.27. The molecule has 6 heteroatoms. The Morgan fingerprint density at radius 3 is 2.05 bits per heavy atom. The molecule has 0 aliphatic rings. The van der Waals surface area contributed by atoms with Gasteiger partial charge in [-0.2, -0.15) is 0 Å². The third-order valence-electron chi connectivity index (χ3n) is 2.46. The van der Waals surface area contributed by atoms with Gasteiger partial charge in [-0.15, -0.1) is 0 Å². The second-order valence-corrected chi connectivity index (χ2v) is 5.30. The van der Waals surface area contributed by atoms with Crippen LogP contribution in [0.25, 0.3) is 0 Å². The Morgan fingerprint density at radius 2 is 1.74 bits per heavy atom. The van der Waals surface area contributed by atoms with Crippen molar-refractivity contribution in [2.24, 2.45) is 5.41 Å². The number of esters is 2. The fraction of sp³-hybridized carbons (Fsp3) is 0.769. The van der Waals surface area contributed by atoms with E-state index in [4.69, 9.17) is 4.74 Å². The molecule has 0 aromatic heterocycles. The zero-order valence-corrected chi connectivity index (χ0v) is 12.4. The lowest BCUT2D eigenvalue weighted by Crippen LogP contribution is -2.50. The highest BCUT2D eigenvalue weighted by Gasteiger charge is 2.34. The second kappa shape index (κ2) is 7.11. The van der Waals surface area contributed by atoms with Crippen LogP contribution in [-0.4, -0.2) is 37.1 Å². The summed E-state index contributed by atoms with van der Waals surface area (Å²) in [6.07, 6.45) is -0.356. The quantitative estimate of drug-likeness (QED) is 0.757. The zero-order valence-electron chi connectivity index (χ0n) is 12.4. The normalized spacial score (nSPS) is 14.2. The van der Waals surface area contributed by atoms with Crippen molar-refractivity contribution in [2.45, 2.75) is 53.2 Å². The van der Waals surface area contributed by atoms with Crippen LogP contribution in [0.1, 0.15) is 41.0 Å². The maximum Gasteiger partial charge on any atom is 0.332 e. The van der Waals surface area contributed by atoms with Gasteiger partial charge in [-0.1, -0.05) is 6.92 Å². The van der Waals surface area contributed by atoms with Crippen LogP contribution in [0.2, 0.25) is 0 Å². The van der Waals surface area contributed by atoms with Gasteiger partial charge in [0.25, 0.3) is 0 Å². The molecule has 0 aromatic rings. The van der Waals surface area contributed by atoms with E-state index in [0.29, 0.717) is 6.42 Å². The second-order valence-electron chi connectivity index (χ2n) is 5.30. The van der Waals surface area contributed by atoms with Gasteiger partial charge in [0.2, 0.25) is 5.91 Å². The summed E-state index contributed by atoms with van der Waals surface area (Å²) in [6.45, 7) is 8.20. The lowest BCUT2D eigenvalue weighted by molar-refractivity contribution is -0.165. The molecule has 0 saturated carbocycles. The van der Waals surface area contributed by atoms with E-state index >= 15 is 0 Å². The highest BCUT2D eigenvalue weighted by molar-refractivity contribution is 5.84. The van der Waals surface area contributed by atoms with E-state index in [2.05, 4.69) is 10.1 Å². The molecule has 1 N–H and O–H groups in total. The predicted molar refractivity (Wildman–Crippen MR) is 69.2 cm³/mol. The number of nitrogens with one attached hydrogen (secondary N) is 1. The number of hydrogen-bond donors (Lipinski definition) is 1. The topological polar surface area (TPSA) is 81.7 Å². The number of carbonyl (C=O) groups is 3. The monoisotopic (exact) mass is 273 g/mol. The van der Waals surface area contributed by atoms with Crippen molar-refractivity contribution in [3.8, 4) is 0 Å². The third kappa shape index (κ3) is 5.72. The van der Waals surface area contributed by atoms with E-state index in [-0.39, 0.29) is 5.91 Å². The van der Waals surface area contributed by atoms with Gasteiger partial charge >= 0.3 is 11.9 Å². The van der Waals surface area contributed by atoms with E-state index in [1.165, 1.54) is 14.0 Å². The van der Waals surface area contributed by atoms with Crippen molar-refractivity contribution >= 4 is 17.8 Å². The van der Waals surface area contributed by atoms with Crippen LogP contribution in [-0.2, 0) is 23.9 Å².